The molecule has 0 aromatic heterocycles. The first-order valence-corrected chi connectivity index (χ1v) is 10.8. The maximum atomic E-state index is 13.1. The molecule has 1 aromatic carbocycles. The van der Waals surface area contributed by atoms with Gasteiger partial charge in [0, 0.05) is 58.9 Å². The Hall–Kier alpha value is -2.08. The fourth-order valence-electron chi connectivity index (χ4n) is 4.69. The van der Waals surface area contributed by atoms with Crippen molar-refractivity contribution >= 4 is 11.9 Å². The number of rotatable bonds is 3. The number of hydrogen-bond donors (Lipinski definition) is 0. The van der Waals surface area contributed by atoms with Gasteiger partial charge in [-0.2, -0.15) is 0 Å². The lowest BCUT2D eigenvalue weighted by Gasteiger charge is -2.39. The standard InChI is InChI=1S/C22H32N4O2/c27-21(20-9-6-12-26(18-20)22(28)25-10-4-5-11-25)24-15-13-23(14-16-24)17-19-7-2-1-3-8-19/h1-3,7-8,20H,4-6,9-18H2. The van der Waals surface area contributed by atoms with Crippen molar-refractivity contribution in [3.05, 3.63) is 35.9 Å². The number of nitrogens with zero attached hydrogens (tertiary/aromatic N) is 4. The summed E-state index contributed by atoms with van der Waals surface area (Å²) in [6.45, 7) is 7.51. The molecule has 3 amide bonds. The van der Waals surface area contributed by atoms with Crippen LogP contribution in [0.15, 0.2) is 30.3 Å². The van der Waals surface area contributed by atoms with Crippen LogP contribution in [-0.2, 0) is 11.3 Å². The summed E-state index contributed by atoms with van der Waals surface area (Å²) in [4.78, 5) is 34.1. The number of amides is 3. The van der Waals surface area contributed by atoms with E-state index in [1.54, 1.807) is 0 Å². The molecule has 0 aliphatic carbocycles. The van der Waals surface area contributed by atoms with Crippen molar-refractivity contribution in [2.45, 2.75) is 32.2 Å². The number of hydrogen-bond acceptors (Lipinski definition) is 3. The lowest BCUT2D eigenvalue weighted by Crippen LogP contribution is -2.54. The molecular formula is C22H32N4O2. The Morgan fingerprint density at radius 3 is 2.18 bits per heavy atom. The molecule has 6 heteroatoms. The normalized spacial score (nSPS) is 23.9. The van der Waals surface area contributed by atoms with Gasteiger partial charge in [-0.05, 0) is 31.2 Å². The molecule has 3 saturated heterocycles. The fraction of sp³-hybridized carbons (Fsp3) is 0.636. The smallest absolute Gasteiger partial charge is 0.320 e. The van der Waals surface area contributed by atoms with Gasteiger partial charge in [-0.25, -0.2) is 4.79 Å². The van der Waals surface area contributed by atoms with Gasteiger partial charge < -0.3 is 14.7 Å². The highest BCUT2D eigenvalue weighted by Gasteiger charge is 2.34. The molecule has 0 saturated carbocycles. The van der Waals surface area contributed by atoms with Crippen LogP contribution in [-0.4, -0.2) is 83.9 Å². The lowest BCUT2D eigenvalue weighted by molar-refractivity contribution is -0.138. The highest BCUT2D eigenvalue weighted by atomic mass is 16.2. The quantitative estimate of drug-likeness (QED) is 0.803. The van der Waals surface area contributed by atoms with Crippen molar-refractivity contribution in [3.8, 4) is 0 Å². The number of urea groups is 1. The van der Waals surface area contributed by atoms with Gasteiger partial charge in [0.15, 0.2) is 0 Å². The largest absolute Gasteiger partial charge is 0.340 e. The Morgan fingerprint density at radius 1 is 0.786 bits per heavy atom. The zero-order valence-corrected chi connectivity index (χ0v) is 16.8. The number of carbonyl (C=O) groups excluding carboxylic acids is 2. The average molecular weight is 385 g/mol. The van der Waals surface area contributed by atoms with Crippen LogP contribution in [0.4, 0.5) is 4.79 Å². The first-order valence-electron chi connectivity index (χ1n) is 10.8. The molecule has 0 spiro atoms. The minimum atomic E-state index is -0.0269. The summed E-state index contributed by atoms with van der Waals surface area (Å²) in [6.07, 6.45) is 4.06. The third-order valence-electron chi connectivity index (χ3n) is 6.35. The van der Waals surface area contributed by atoms with E-state index in [0.29, 0.717) is 6.54 Å². The van der Waals surface area contributed by atoms with Gasteiger partial charge in [0.25, 0.3) is 0 Å². The van der Waals surface area contributed by atoms with Gasteiger partial charge in [-0.1, -0.05) is 30.3 Å². The molecular weight excluding hydrogens is 352 g/mol. The molecule has 3 fully saturated rings. The molecule has 1 atom stereocenters. The Balaban J connectivity index is 1.27. The Bertz CT molecular complexity index is 666. The summed E-state index contributed by atoms with van der Waals surface area (Å²) in [6, 6.07) is 10.7. The predicted molar refractivity (Wildman–Crippen MR) is 109 cm³/mol. The molecule has 152 valence electrons. The molecule has 6 nitrogen and oxygen atoms in total. The van der Waals surface area contributed by atoms with E-state index in [-0.39, 0.29) is 17.9 Å². The summed E-state index contributed by atoms with van der Waals surface area (Å²) in [7, 11) is 0. The highest BCUT2D eigenvalue weighted by molar-refractivity contribution is 5.81. The molecule has 1 aromatic rings. The third-order valence-corrected chi connectivity index (χ3v) is 6.35. The van der Waals surface area contributed by atoms with Crippen molar-refractivity contribution in [2.75, 3.05) is 52.4 Å². The maximum absolute atomic E-state index is 13.1. The predicted octanol–water partition coefficient (Wildman–Crippen LogP) is 2.26. The van der Waals surface area contributed by atoms with E-state index < -0.39 is 0 Å². The van der Waals surface area contributed by atoms with Gasteiger partial charge in [0.05, 0.1) is 5.92 Å². The van der Waals surface area contributed by atoms with Crippen molar-refractivity contribution in [2.24, 2.45) is 5.92 Å². The number of benzene rings is 1. The van der Waals surface area contributed by atoms with Gasteiger partial charge in [-0.15, -0.1) is 0 Å². The number of piperazine rings is 1. The first-order chi connectivity index (χ1) is 13.7. The molecule has 0 radical (unpaired) electrons. The topological polar surface area (TPSA) is 47.1 Å². The number of carbonyl (C=O) groups is 2. The van der Waals surface area contributed by atoms with Crippen LogP contribution in [0, 0.1) is 5.92 Å². The Labute approximate surface area is 168 Å². The van der Waals surface area contributed by atoms with Crippen LogP contribution in [0.25, 0.3) is 0 Å². The van der Waals surface area contributed by atoms with Gasteiger partial charge in [0.2, 0.25) is 5.91 Å². The second-order valence-corrected chi connectivity index (χ2v) is 8.35. The Kier molecular flexibility index (Phi) is 6.15. The van der Waals surface area contributed by atoms with Gasteiger partial charge in [0.1, 0.15) is 0 Å². The molecule has 3 aliphatic heterocycles. The SMILES string of the molecule is O=C(C1CCCN(C(=O)N2CCCC2)C1)N1CCN(Cc2ccccc2)CC1. The highest BCUT2D eigenvalue weighted by Crippen LogP contribution is 2.22. The first kappa shape index (κ1) is 19.2. The van der Waals surface area contributed by atoms with Crippen LogP contribution in [0.3, 0.4) is 0 Å². The minimum absolute atomic E-state index is 0.0269. The average Bonchev–Trinajstić information content (AvgIpc) is 3.29. The third kappa shape index (κ3) is 4.49. The molecule has 28 heavy (non-hydrogen) atoms. The summed E-state index contributed by atoms with van der Waals surface area (Å²) < 4.78 is 0. The van der Waals surface area contributed by atoms with E-state index in [4.69, 9.17) is 0 Å². The van der Waals surface area contributed by atoms with E-state index >= 15 is 0 Å². The van der Waals surface area contributed by atoms with Crippen LogP contribution < -0.4 is 0 Å². The number of piperidine rings is 1. The summed E-state index contributed by atoms with van der Waals surface area (Å²) in [5, 5.41) is 0. The van der Waals surface area contributed by atoms with Crippen LogP contribution in [0.1, 0.15) is 31.2 Å². The van der Waals surface area contributed by atoms with E-state index in [0.717, 1.165) is 78.0 Å². The summed E-state index contributed by atoms with van der Waals surface area (Å²) in [5.74, 6) is 0.222. The zero-order chi connectivity index (χ0) is 19.3. The van der Waals surface area contributed by atoms with E-state index in [1.807, 2.05) is 20.8 Å². The molecule has 3 aliphatic rings. The monoisotopic (exact) mass is 384 g/mol. The Morgan fingerprint density at radius 2 is 1.46 bits per heavy atom. The van der Waals surface area contributed by atoms with E-state index in [1.165, 1.54) is 5.56 Å². The molecule has 1 unspecified atom stereocenters. The molecule has 4 rings (SSSR count). The fourth-order valence-corrected chi connectivity index (χ4v) is 4.69. The van der Waals surface area contributed by atoms with Crippen molar-refractivity contribution in [3.63, 3.8) is 0 Å². The van der Waals surface area contributed by atoms with Crippen molar-refractivity contribution < 1.29 is 9.59 Å². The van der Waals surface area contributed by atoms with Crippen LogP contribution in [0.2, 0.25) is 0 Å². The summed E-state index contributed by atoms with van der Waals surface area (Å²) in [5.41, 5.74) is 1.32. The minimum Gasteiger partial charge on any atom is -0.340 e. The molecule has 0 N–H and O–H groups in total. The van der Waals surface area contributed by atoms with Crippen molar-refractivity contribution in [1.29, 1.82) is 0 Å². The van der Waals surface area contributed by atoms with Crippen LogP contribution in [0.5, 0.6) is 0 Å². The molecule has 0 bridgehead atoms. The number of likely N-dealkylation sites (tertiary alicyclic amines) is 2. The molecule has 3 heterocycles. The van der Waals surface area contributed by atoms with Crippen molar-refractivity contribution in [1.82, 2.24) is 19.6 Å². The lowest BCUT2D eigenvalue weighted by atomic mass is 9.96. The van der Waals surface area contributed by atoms with E-state index in [2.05, 4.69) is 29.2 Å². The van der Waals surface area contributed by atoms with Gasteiger partial charge in [-0.3, -0.25) is 9.69 Å². The van der Waals surface area contributed by atoms with Gasteiger partial charge >= 0.3 is 6.03 Å². The second-order valence-electron chi connectivity index (χ2n) is 8.35. The van der Waals surface area contributed by atoms with Crippen LogP contribution >= 0.6 is 0 Å². The summed E-state index contributed by atoms with van der Waals surface area (Å²) >= 11 is 0. The second kappa shape index (κ2) is 8.95. The zero-order valence-electron chi connectivity index (χ0n) is 16.8. The van der Waals surface area contributed by atoms with E-state index in [9.17, 15) is 9.59 Å². The maximum Gasteiger partial charge on any atom is 0.320 e.